The summed E-state index contributed by atoms with van der Waals surface area (Å²) in [5, 5.41) is 2.95. The second-order valence-corrected chi connectivity index (χ2v) is 7.31. The largest absolute Gasteiger partial charge is 0.444 e. The molecule has 2 amide bonds. The molecule has 1 heterocycles. The molecular formula is C17H32N2O4. The molecule has 1 rings (SSSR count). The summed E-state index contributed by atoms with van der Waals surface area (Å²) in [4.78, 5) is 25.8. The van der Waals surface area contributed by atoms with Crippen molar-refractivity contribution in [1.82, 2.24) is 10.2 Å². The molecule has 23 heavy (non-hydrogen) atoms. The van der Waals surface area contributed by atoms with E-state index in [1.807, 2.05) is 34.6 Å². The first-order chi connectivity index (χ1) is 10.7. The Morgan fingerprint density at radius 3 is 2.35 bits per heavy atom. The van der Waals surface area contributed by atoms with Gasteiger partial charge in [-0.15, -0.1) is 0 Å². The molecule has 0 aromatic rings. The molecule has 0 aliphatic carbocycles. The predicted octanol–water partition coefficient (Wildman–Crippen LogP) is 2.56. The van der Waals surface area contributed by atoms with Crippen molar-refractivity contribution < 1.29 is 19.1 Å². The van der Waals surface area contributed by atoms with Crippen LogP contribution in [0.2, 0.25) is 0 Å². The molecule has 0 unspecified atom stereocenters. The van der Waals surface area contributed by atoms with Crippen LogP contribution in [0, 0.1) is 5.92 Å². The molecule has 0 radical (unpaired) electrons. The zero-order chi connectivity index (χ0) is 17.5. The Kier molecular flexibility index (Phi) is 7.82. The number of rotatable bonds is 6. The van der Waals surface area contributed by atoms with Crippen molar-refractivity contribution in [3.8, 4) is 0 Å². The summed E-state index contributed by atoms with van der Waals surface area (Å²) in [7, 11) is 0. The Morgan fingerprint density at radius 1 is 1.22 bits per heavy atom. The van der Waals surface area contributed by atoms with E-state index in [9.17, 15) is 9.59 Å². The molecule has 1 fully saturated rings. The smallest absolute Gasteiger partial charge is 0.410 e. The highest BCUT2D eigenvalue weighted by molar-refractivity contribution is 5.79. The summed E-state index contributed by atoms with van der Waals surface area (Å²) in [6.07, 6.45) is 2.13. The molecule has 1 saturated heterocycles. The van der Waals surface area contributed by atoms with E-state index >= 15 is 0 Å². The zero-order valence-corrected chi connectivity index (χ0v) is 15.2. The van der Waals surface area contributed by atoms with Crippen molar-refractivity contribution in [2.24, 2.45) is 5.92 Å². The molecule has 134 valence electrons. The van der Waals surface area contributed by atoms with Crippen LogP contribution in [0.1, 0.15) is 53.9 Å². The zero-order valence-electron chi connectivity index (χ0n) is 15.2. The van der Waals surface area contributed by atoms with E-state index < -0.39 is 5.60 Å². The van der Waals surface area contributed by atoms with Crippen LogP contribution >= 0.6 is 0 Å². The van der Waals surface area contributed by atoms with Crippen LogP contribution in [0.4, 0.5) is 4.79 Å². The summed E-state index contributed by atoms with van der Waals surface area (Å²) in [5.41, 5.74) is -0.483. The highest BCUT2D eigenvalue weighted by Gasteiger charge is 2.29. The van der Waals surface area contributed by atoms with Crippen LogP contribution in [0.5, 0.6) is 0 Å². The number of amides is 2. The maximum Gasteiger partial charge on any atom is 0.410 e. The number of piperidine rings is 1. The summed E-state index contributed by atoms with van der Waals surface area (Å²) in [6, 6.07) is 0. The molecule has 6 nitrogen and oxygen atoms in total. The van der Waals surface area contributed by atoms with Crippen LogP contribution in [-0.4, -0.2) is 54.8 Å². The Labute approximate surface area is 139 Å². The Bertz CT molecular complexity index is 383. The van der Waals surface area contributed by atoms with Crippen molar-refractivity contribution in [2.75, 3.05) is 26.2 Å². The van der Waals surface area contributed by atoms with E-state index in [2.05, 4.69) is 5.32 Å². The molecule has 0 bridgehead atoms. The molecular weight excluding hydrogens is 296 g/mol. The Hall–Kier alpha value is -1.30. The lowest BCUT2D eigenvalue weighted by Gasteiger charge is -2.32. The summed E-state index contributed by atoms with van der Waals surface area (Å²) < 4.78 is 10.8. The van der Waals surface area contributed by atoms with E-state index in [1.165, 1.54) is 0 Å². The number of nitrogens with zero attached hydrogens (tertiary/aromatic N) is 1. The Morgan fingerprint density at radius 2 is 1.83 bits per heavy atom. The number of likely N-dealkylation sites (tertiary alicyclic amines) is 1. The van der Waals surface area contributed by atoms with E-state index in [0.29, 0.717) is 39.1 Å². The monoisotopic (exact) mass is 328 g/mol. The molecule has 6 heteroatoms. The standard InChI is InChI=1S/C17H32N2O4/c1-13(2)22-12-6-9-18-15(20)14-7-10-19(11-8-14)16(21)23-17(3,4)5/h13-14H,6-12H2,1-5H3,(H,18,20). The van der Waals surface area contributed by atoms with Gasteiger partial charge >= 0.3 is 6.09 Å². The number of ether oxygens (including phenoxy) is 2. The second kappa shape index (κ2) is 9.11. The number of carbonyl (C=O) groups is 2. The minimum Gasteiger partial charge on any atom is -0.444 e. The minimum absolute atomic E-state index is 0.0142. The van der Waals surface area contributed by atoms with Crippen LogP contribution < -0.4 is 5.32 Å². The van der Waals surface area contributed by atoms with Gasteiger partial charge in [-0.3, -0.25) is 4.79 Å². The molecule has 1 N–H and O–H groups in total. The number of hydrogen-bond acceptors (Lipinski definition) is 4. The molecule has 1 aliphatic rings. The third kappa shape index (κ3) is 8.21. The van der Waals surface area contributed by atoms with Gasteiger partial charge in [0.2, 0.25) is 5.91 Å². The van der Waals surface area contributed by atoms with Crippen molar-refractivity contribution in [2.45, 2.75) is 65.6 Å². The van der Waals surface area contributed by atoms with E-state index in [4.69, 9.17) is 9.47 Å². The van der Waals surface area contributed by atoms with Crippen LogP contribution in [0.3, 0.4) is 0 Å². The SMILES string of the molecule is CC(C)OCCCNC(=O)C1CCN(C(=O)OC(C)(C)C)CC1. The molecule has 0 saturated carbocycles. The first-order valence-electron chi connectivity index (χ1n) is 8.56. The highest BCUT2D eigenvalue weighted by Crippen LogP contribution is 2.19. The third-order valence-corrected chi connectivity index (χ3v) is 3.59. The molecule has 0 atom stereocenters. The molecule has 0 spiro atoms. The van der Waals surface area contributed by atoms with E-state index in [-0.39, 0.29) is 24.0 Å². The first kappa shape index (κ1) is 19.7. The van der Waals surface area contributed by atoms with Crippen LogP contribution in [0.25, 0.3) is 0 Å². The van der Waals surface area contributed by atoms with Gasteiger partial charge in [-0.05, 0) is 53.9 Å². The fraction of sp³-hybridized carbons (Fsp3) is 0.882. The summed E-state index contributed by atoms with van der Waals surface area (Å²) in [6.45, 7) is 12.0. The van der Waals surface area contributed by atoms with Gasteiger partial charge < -0.3 is 19.7 Å². The fourth-order valence-corrected chi connectivity index (χ4v) is 2.40. The average Bonchev–Trinajstić information content (AvgIpc) is 2.44. The lowest BCUT2D eigenvalue weighted by Crippen LogP contribution is -2.45. The van der Waals surface area contributed by atoms with Gasteiger partial charge in [0.15, 0.2) is 0 Å². The second-order valence-electron chi connectivity index (χ2n) is 7.31. The van der Waals surface area contributed by atoms with Gasteiger partial charge in [-0.2, -0.15) is 0 Å². The third-order valence-electron chi connectivity index (χ3n) is 3.59. The van der Waals surface area contributed by atoms with E-state index in [0.717, 1.165) is 6.42 Å². The average molecular weight is 328 g/mol. The van der Waals surface area contributed by atoms with Crippen molar-refractivity contribution in [1.29, 1.82) is 0 Å². The maximum absolute atomic E-state index is 12.1. The lowest BCUT2D eigenvalue weighted by atomic mass is 9.96. The summed E-state index contributed by atoms with van der Waals surface area (Å²) in [5.74, 6) is 0.0677. The quantitative estimate of drug-likeness (QED) is 0.761. The van der Waals surface area contributed by atoms with Crippen LogP contribution in [-0.2, 0) is 14.3 Å². The number of nitrogens with one attached hydrogen (secondary N) is 1. The van der Waals surface area contributed by atoms with Gasteiger partial charge in [-0.1, -0.05) is 0 Å². The number of hydrogen-bond donors (Lipinski definition) is 1. The minimum atomic E-state index is -0.483. The predicted molar refractivity (Wildman–Crippen MR) is 89.2 cm³/mol. The van der Waals surface area contributed by atoms with Crippen LogP contribution in [0.15, 0.2) is 0 Å². The van der Waals surface area contributed by atoms with Gasteiger partial charge in [0.25, 0.3) is 0 Å². The lowest BCUT2D eigenvalue weighted by molar-refractivity contribution is -0.126. The first-order valence-corrected chi connectivity index (χ1v) is 8.56. The van der Waals surface area contributed by atoms with Gasteiger partial charge in [-0.25, -0.2) is 4.79 Å². The Balaban J connectivity index is 2.22. The maximum atomic E-state index is 12.1. The van der Waals surface area contributed by atoms with Crippen molar-refractivity contribution in [3.05, 3.63) is 0 Å². The van der Waals surface area contributed by atoms with Gasteiger partial charge in [0.05, 0.1) is 6.10 Å². The van der Waals surface area contributed by atoms with Gasteiger partial charge in [0, 0.05) is 32.2 Å². The highest BCUT2D eigenvalue weighted by atomic mass is 16.6. The summed E-state index contributed by atoms with van der Waals surface area (Å²) >= 11 is 0. The molecule has 1 aliphatic heterocycles. The van der Waals surface area contributed by atoms with Crippen molar-refractivity contribution in [3.63, 3.8) is 0 Å². The fourth-order valence-electron chi connectivity index (χ4n) is 2.40. The van der Waals surface area contributed by atoms with Gasteiger partial charge in [0.1, 0.15) is 5.60 Å². The van der Waals surface area contributed by atoms with E-state index in [1.54, 1.807) is 4.90 Å². The normalized spacial score (nSPS) is 16.5. The molecule has 0 aromatic heterocycles. The van der Waals surface area contributed by atoms with Crippen molar-refractivity contribution >= 4 is 12.0 Å². The molecule has 0 aromatic carbocycles. The number of carbonyl (C=O) groups excluding carboxylic acids is 2. The topological polar surface area (TPSA) is 67.9 Å².